The molecule has 1 fully saturated rings. The maximum absolute atomic E-state index is 6.02. The van der Waals surface area contributed by atoms with Crippen LogP contribution in [0.3, 0.4) is 0 Å². The van der Waals surface area contributed by atoms with E-state index in [1.165, 1.54) is 18.4 Å². The van der Waals surface area contributed by atoms with E-state index in [9.17, 15) is 0 Å². The zero-order valence-electron chi connectivity index (χ0n) is 9.48. The molecule has 0 aliphatic heterocycles. The molecule has 0 amide bonds. The summed E-state index contributed by atoms with van der Waals surface area (Å²) in [5, 5.41) is 4.50. The summed E-state index contributed by atoms with van der Waals surface area (Å²) in [6, 6.07) is 0. The maximum Gasteiger partial charge on any atom is 0.178 e. The lowest BCUT2D eigenvalue weighted by atomic mass is 10.2. The Morgan fingerprint density at radius 3 is 3.00 bits per heavy atom. The summed E-state index contributed by atoms with van der Waals surface area (Å²) in [5.41, 5.74) is 9.82. The van der Waals surface area contributed by atoms with Gasteiger partial charge in [-0.1, -0.05) is 13.3 Å². The predicted molar refractivity (Wildman–Crippen MR) is 63.4 cm³/mol. The highest BCUT2D eigenvalue weighted by atomic mass is 15.3. The van der Waals surface area contributed by atoms with Crippen LogP contribution in [0.25, 0.3) is 5.65 Å². The molecule has 0 radical (unpaired) electrons. The first-order valence-corrected chi connectivity index (χ1v) is 5.92. The lowest BCUT2D eigenvalue weighted by Crippen LogP contribution is -1.94. The molecule has 0 aromatic carbocycles. The third kappa shape index (κ3) is 1.45. The molecule has 1 aliphatic carbocycles. The molecule has 0 unspecified atom stereocenters. The number of rotatable bonds is 3. The van der Waals surface area contributed by atoms with Gasteiger partial charge < -0.3 is 5.73 Å². The first-order valence-electron chi connectivity index (χ1n) is 5.92. The van der Waals surface area contributed by atoms with Crippen molar-refractivity contribution in [3.63, 3.8) is 0 Å². The highest BCUT2D eigenvalue weighted by Crippen LogP contribution is 2.39. The van der Waals surface area contributed by atoms with Crippen molar-refractivity contribution in [3.8, 4) is 0 Å². The van der Waals surface area contributed by atoms with Crippen molar-refractivity contribution in [1.82, 2.24) is 14.6 Å². The minimum atomic E-state index is 0.706. The van der Waals surface area contributed by atoms with Gasteiger partial charge >= 0.3 is 0 Å². The lowest BCUT2D eigenvalue weighted by molar-refractivity contribution is 0.826. The number of anilines is 1. The van der Waals surface area contributed by atoms with E-state index < -0.39 is 0 Å². The van der Waals surface area contributed by atoms with E-state index in [1.54, 1.807) is 0 Å². The van der Waals surface area contributed by atoms with Gasteiger partial charge in [-0.3, -0.25) is 0 Å². The van der Waals surface area contributed by atoms with Crippen LogP contribution in [-0.4, -0.2) is 14.6 Å². The van der Waals surface area contributed by atoms with Gasteiger partial charge in [0.2, 0.25) is 0 Å². The summed E-state index contributed by atoms with van der Waals surface area (Å²) in [5.74, 6) is 0.706. The number of nitrogens with two attached hydrogens (primary N) is 1. The minimum Gasteiger partial charge on any atom is -0.394 e. The molecule has 2 aromatic rings. The molecule has 2 aromatic heterocycles. The molecule has 4 nitrogen and oxygen atoms in total. The first-order chi connectivity index (χ1) is 7.79. The fourth-order valence-corrected chi connectivity index (χ4v) is 2.06. The summed E-state index contributed by atoms with van der Waals surface area (Å²) >= 11 is 0. The number of fused-ring (bicyclic) bond motifs is 1. The van der Waals surface area contributed by atoms with Crippen LogP contribution in [0.5, 0.6) is 0 Å². The molecule has 0 atom stereocenters. The van der Waals surface area contributed by atoms with Crippen LogP contribution in [0.1, 0.15) is 43.4 Å². The van der Waals surface area contributed by atoms with Crippen molar-refractivity contribution in [2.45, 2.75) is 38.5 Å². The van der Waals surface area contributed by atoms with Crippen molar-refractivity contribution >= 4 is 11.3 Å². The van der Waals surface area contributed by atoms with Gasteiger partial charge in [-0.2, -0.15) is 5.10 Å². The quantitative estimate of drug-likeness (QED) is 0.855. The SMILES string of the molecule is CCCc1nn2cc(C3CC3)cnc2c1N. The Morgan fingerprint density at radius 1 is 1.50 bits per heavy atom. The van der Waals surface area contributed by atoms with Crippen LogP contribution < -0.4 is 5.73 Å². The standard InChI is InChI=1S/C12H16N4/c1-2-3-10-11(13)12-14-6-9(8-4-5-8)7-16(12)15-10/h6-8H,2-5,13H2,1H3. The Kier molecular flexibility index (Phi) is 2.09. The van der Waals surface area contributed by atoms with E-state index in [0.29, 0.717) is 5.92 Å². The van der Waals surface area contributed by atoms with Crippen molar-refractivity contribution in [2.24, 2.45) is 0 Å². The van der Waals surface area contributed by atoms with E-state index in [-0.39, 0.29) is 0 Å². The Balaban J connectivity index is 2.09. The Morgan fingerprint density at radius 2 is 2.31 bits per heavy atom. The number of nitrogen functional groups attached to an aromatic ring is 1. The van der Waals surface area contributed by atoms with E-state index in [4.69, 9.17) is 5.73 Å². The van der Waals surface area contributed by atoms with Crippen molar-refractivity contribution in [3.05, 3.63) is 23.7 Å². The molecule has 84 valence electrons. The first kappa shape index (κ1) is 9.63. The van der Waals surface area contributed by atoms with E-state index in [1.807, 2.05) is 10.7 Å². The van der Waals surface area contributed by atoms with E-state index in [0.717, 1.165) is 29.9 Å². The van der Waals surface area contributed by atoms with Crippen LogP contribution in [-0.2, 0) is 6.42 Å². The smallest absolute Gasteiger partial charge is 0.178 e. The third-order valence-electron chi connectivity index (χ3n) is 3.14. The van der Waals surface area contributed by atoms with Gasteiger partial charge in [-0.05, 0) is 30.7 Å². The molecule has 1 saturated carbocycles. The lowest BCUT2D eigenvalue weighted by Gasteiger charge is -1.97. The molecule has 16 heavy (non-hydrogen) atoms. The number of hydrogen-bond donors (Lipinski definition) is 1. The number of aryl methyl sites for hydroxylation is 1. The predicted octanol–water partition coefficient (Wildman–Crippen LogP) is 2.14. The normalized spacial score (nSPS) is 15.8. The third-order valence-corrected chi connectivity index (χ3v) is 3.14. The average Bonchev–Trinajstić information content (AvgIpc) is 3.07. The second-order valence-electron chi connectivity index (χ2n) is 4.54. The molecule has 0 spiro atoms. The molecular weight excluding hydrogens is 200 g/mol. The summed E-state index contributed by atoms with van der Waals surface area (Å²) in [7, 11) is 0. The van der Waals surface area contributed by atoms with Crippen LogP contribution in [0.2, 0.25) is 0 Å². The summed E-state index contributed by atoms with van der Waals surface area (Å²) in [4.78, 5) is 4.42. The van der Waals surface area contributed by atoms with Crippen LogP contribution in [0, 0.1) is 0 Å². The van der Waals surface area contributed by atoms with E-state index in [2.05, 4.69) is 23.2 Å². The van der Waals surface area contributed by atoms with E-state index >= 15 is 0 Å². The Bertz CT molecular complexity index is 525. The van der Waals surface area contributed by atoms with Gasteiger partial charge in [0.05, 0.1) is 5.69 Å². The second-order valence-corrected chi connectivity index (χ2v) is 4.54. The highest BCUT2D eigenvalue weighted by molar-refractivity contribution is 5.67. The largest absolute Gasteiger partial charge is 0.394 e. The number of aromatic nitrogens is 3. The molecule has 0 bridgehead atoms. The number of hydrogen-bond acceptors (Lipinski definition) is 3. The average molecular weight is 216 g/mol. The topological polar surface area (TPSA) is 56.2 Å². The van der Waals surface area contributed by atoms with Gasteiger partial charge in [-0.15, -0.1) is 0 Å². The van der Waals surface area contributed by atoms with Crippen LogP contribution in [0.4, 0.5) is 5.69 Å². The zero-order valence-corrected chi connectivity index (χ0v) is 9.48. The summed E-state index contributed by atoms with van der Waals surface area (Å²) < 4.78 is 1.84. The molecule has 4 heteroatoms. The van der Waals surface area contributed by atoms with Gasteiger partial charge in [0.1, 0.15) is 5.69 Å². The Hall–Kier alpha value is -1.58. The van der Waals surface area contributed by atoms with Gasteiger partial charge in [0, 0.05) is 12.4 Å². The van der Waals surface area contributed by atoms with Crippen molar-refractivity contribution < 1.29 is 0 Å². The fraction of sp³-hybridized carbons (Fsp3) is 0.500. The number of nitrogens with zero attached hydrogens (tertiary/aromatic N) is 3. The molecule has 2 N–H and O–H groups in total. The molecule has 0 saturated heterocycles. The van der Waals surface area contributed by atoms with Crippen LogP contribution in [0.15, 0.2) is 12.4 Å². The second kappa shape index (κ2) is 3.47. The minimum absolute atomic E-state index is 0.706. The molecule has 3 rings (SSSR count). The monoisotopic (exact) mass is 216 g/mol. The molecule has 2 heterocycles. The molecule has 1 aliphatic rings. The van der Waals surface area contributed by atoms with Gasteiger partial charge in [0.15, 0.2) is 5.65 Å². The Labute approximate surface area is 94.5 Å². The van der Waals surface area contributed by atoms with Gasteiger partial charge in [-0.25, -0.2) is 9.50 Å². The fourth-order valence-electron chi connectivity index (χ4n) is 2.06. The molecular formula is C12H16N4. The summed E-state index contributed by atoms with van der Waals surface area (Å²) in [6.07, 6.45) is 8.57. The zero-order chi connectivity index (χ0) is 11.1. The highest BCUT2D eigenvalue weighted by Gasteiger charge is 2.24. The van der Waals surface area contributed by atoms with Crippen molar-refractivity contribution in [1.29, 1.82) is 0 Å². The van der Waals surface area contributed by atoms with Crippen molar-refractivity contribution in [2.75, 3.05) is 5.73 Å². The van der Waals surface area contributed by atoms with Crippen LogP contribution >= 0.6 is 0 Å². The maximum atomic E-state index is 6.02. The summed E-state index contributed by atoms with van der Waals surface area (Å²) in [6.45, 7) is 2.13. The van der Waals surface area contributed by atoms with Gasteiger partial charge in [0.25, 0.3) is 0 Å².